The Hall–Kier alpha value is -1.87. The SMILES string of the molecule is CCN(CCC(C)CCc1cc(F)ccc1O)Cc1ccccc1. The van der Waals surface area contributed by atoms with Gasteiger partial charge >= 0.3 is 0 Å². The summed E-state index contributed by atoms with van der Waals surface area (Å²) in [4.78, 5) is 2.45. The molecule has 2 rings (SSSR count). The number of aromatic hydroxyl groups is 1. The third kappa shape index (κ3) is 5.97. The summed E-state index contributed by atoms with van der Waals surface area (Å²) < 4.78 is 13.3. The molecule has 2 aromatic rings. The molecule has 3 heteroatoms. The van der Waals surface area contributed by atoms with Crippen molar-refractivity contribution in [1.82, 2.24) is 4.90 Å². The van der Waals surface area contributed by atoms with Crippen LogP contribution >= 0.6 is 0 Å². The molecule has 0 aliphatic rings. The molecule has 0 aromatic heterocycles. The minimum absolute atomic E-state index is 0.197. The lowest BCUT2D eigenvalue weighted by molar-refractivity contribution is 0.256. The van der Waals surface area contributed by atoms with Crippen molar-refractivity contribution in [3.05, 3.63) is 65.5 Å². The molecular formula is C21H28FNO. The lowest BCUT2D eigenvalue weighted by Crippen LogP contribution is -2.25. The molecule has 0 bridgehead atoms. The van der Waals surface area contributed by atoms with Gasteiger partial charge in [-0.1, -0.05) is 44.2 Å². The van der Waals surface area contributed by atoms with Gasteiger partial charge in [0, 0.05) is 6.54 Å². The van der Waals surface area contributed by atoms with Gasteiger partial charge in [-0.3, -0.25) is 4.90 Å². The maximum Gasteiger partial charge on any atom is 0.123 e. The van der Waals surface area contributed by atoms with Crippen molar-refractivity contribution in [2.45, 2.75) is 39.7 Å². The van der Waals surface area contributed by atoms with Crippen molar-refractivity contribution in [3.63, 3.8) is 0 Å². The number of phenols is 1. The Morgan fingerprint density at radius 2 is 1.83 bits per heavy atom. The van der Waals surface area contributed by atoms with E-state index in [1.807, 2.05) is 6.07 Å². The molecule has 2 nitrogen and oxygen atoms in total. The van der Waals surface area contributed by atoms with Gasteiger partial charge in [0.15, 0.2) is 0 Å². The van der Waals surface area contributed by atoms with Gasteiger partial charge in [0.1, 0.15) is 11.6 Å². The number of rotatable bonds is 9. The molecular weight excluding hydrogens is 301 g/mol. The zero-order chi connectivity index (χ0) is 17.4. The van der Waals surface area contributed by atoms with Crippen LogP contribution in [0.3, 0.4) is 0 Å². The van der Waals surface area contributed by atoms with Crippen LogP contribution in [0.2, 0.25) is 0 Å². The van der Waals surface area contributed by atoms with E-state index in [4.69, 9.17) is 0 Å². The summed E-state index contributed by atoms with van der Waals surface area (Å²) in [5.74, 6) is 0.454. The molecule has 0 aliphatic heterocycles. The molecule has 24 heavy (non-hydrogen) atoms. The second kappa shape index (κ2) is 9.43. The van der Waals surface area contributed by atoms with Crippen LogP contribution in [0.1, 0.15) is 37.8 Å². The van der Waals surface area contributed by atoms with E-state index in [9.17, 15) is 9.50 Å². The smallest absolute Gasteiger partial charge is 0.123 e. The van der Waals surface area contributed by atoms with Gasteiger partial charge in [-0.25, -0.2) is 4.39 Å². The molecule has 0 spiro atoms. The minimum atomic E-state index is -0.282. The number of phenolic OH excluding ortho intramolecular Hbond substituents is 1. The van der Waals surface area contributed by atoms with E-state index < -0.39 is 0 Å². The molecule has 130 valence electrons. The summed E-state index contributed by atoms with van der Waals surface area (Å²) >= 11 is 0. The molecule has 0 radical (unpaired) electrons. The quantitative estimate of drug-likeness (QED) is 0.699. The van der Waals surface area contributed by atoms with Gasteiger partial charge in [-0.05, 0) is 67.6 Å². The van der Waals surface area contributed by atoms with Crippen molar-refractivity contribution in [3.8, 4) is 5.75 Å². The summed E-state index contributed by atoms with van der Waals surface area (Å²) in [5.41, 5.74) is 2.05. The van der Waals surface area contributed by atoms with Gasteiger partial charge in [-0.15, -0.1) is 0 Å². The standard InChI is InChI=1S/C21H28FNO/c1-3-23(16-18-7-5-4-6-8-18)14-13-17(2)9-10-19-15-20(22)11-12-21(19)24/h4-8,11-12,15,17,24H,3,9-10,13-14,16H2,1-2H3. The van der Waals surface area contributed by atoms with Gasteiger partial charge in [0.25, 0.3) is 0 Å². The van der Waals surface area contributed by atoms with Gasteiger partial charge < -0.3 is 5.11 Å². The third-order valence-corrected chi connectivity index (χ3v) is 4.58. The highest BCUT2D eigenvalue weighted by Crippen LogP contribution is 2.22. The molecule has 0 heterocycles. The predicted octanol–water partition coefficient (Wildman–Crippen LogP) is 5.01. The number of benzene rings is 2. The number of nitrogens with zero attached hydrogens (tertiary/aromatic N) is 1. The zero-order valence-electron chi connectivity index (χ0n) is 14.7. The van der Waals surface area contributed by atoms with Crippen LogP contribution in [-0.4, -0.2) is 23.1 Å². The Morgan fingerprint density at radius 3 is 2.54 bits per heavy atom. The Labute approximate surface area is 144 Å². The van der Waals surface area contributed by atoms with E-state index in [1.165, 1.54) is 23.8 Å². The molecule has 1 atom stereocenters. The summed E-state index contributed by atoms with van der Waals surface area (Å²) in [6, 6.07) is 14.7. The molecule has 1 N–H and O–H groups in total. The Kier molecular flexibility index (Phi) is 7.26. The lowest BCUT2D eigenvalue weighted by Gasteiger charge is -2.22. The topological polar surface area (TPSA) is 23.5 Å². The predicted molar refractivity (Wildman–Crippen MR) is 97.6 cm³/mol. The van der Waals surface area contributed by atoms with Crippen LogP contribution in [0.15, 0.2) is 48.5 Å². The maximum absolute atomic E-state index is 13.3. The van der Waals surface area contributed by atoms with E-state index in [0.29, 0.717) is 11.5 Å². The second-order valence-corrected chi connectivity index (χ2v) is 6.56. The first-order valence-corrected chi connectivity index (χ1v) is 8.82. The minimum Gasteiger partial charge on any atom is -0.508 e. The highest BCUT2D eigenvalue weighted by atomic mass is 19.1. The molecule has 0 amide bonds. The zero-order valence-corrected chi connectivity index (χ0v) is 14.7. The summed E-state index contributed by atoms with van der Waals surface area (Å²) in [6.07, 6.45) is 2.78. The molecule has 1 unspecified atom stereocenters. The molecule has 2 aromatic carbocycles. The molecule has 0 saturated heterocycles. The molecule has 0 saturated carbocycles. The normalized spacial score (nSPS) is 12.5. The highest BCUT2D eigenvalue weighted by Gasteiger charge is 2.10. The Bertz CT molecular complexity index is 614. The number of hydrogen-bond acceptors (Lipinski definition) is 2. The van der Waals surface area contributed by atoms with Crippen LogP contribution in [0.5, 0.6) is 5.75 Å². The van der Waals surface area contributed by atoms with Crippen molar-refractivity contribution in [2.75, 3.05) is 13.1 Å². The van der Waals surface area contributed by atoms with E-state index in [0.717, 1.165) is 38.9 Å². The molecule has 0 aliphatic carbocycles. The fraction of sp³-hybridized carbons (Fsp3) is 0.429. The average Bonchev–Trinajstić information content (AvgIpc) is 2.60. The first-order chi connectivity index (χ1) is 11.6. The van der Waals surface area contributed by atoms with Crippen molar-refractivity contribution in [1.29, 1.82) is 0 Å². The largest absolute Gasteiger partial charge is 0.508 e. The van der Waals surface area contributed by atoms with Gasteiger partial charge in [-0.2, -0.15) is 0 Å². The van der Waals surface area contributed by atoms with E-state index in [2.05, 4.69) is 43.0 Å². The van der Waals surface area contributed by atoms with E-state index in [-0.39, 0.29) is 11.6 Å². The number of hydrogen-bond donors (Lipinski definition) is 1. The van der Waals surface area contributed by atoms with Crippen LogP contribution in [0.4, 0.5) is 4.39 Å². The van der Waals surface area contributed by atoms with Crippen LogP contribution in [0, 0.1) is 11.7 Å². The fourth-order valence-corrected chi connectivity index (χ4v) is 2.89. The van der Waals surface area contributed by atoms with Crippen LogP contribution in [-0.2, 0) is 13.0 Å². The van der Waals surface area contributed by atoms with Gasteiger partial charge in [0.2, 0.25) is 0 Å². The van der Waals surface area contributed by atoms with Crippen molar-refractivity contribution < 1.29 is 9.50 Å². The summed E-state index contributed by atoms with van der Waals surface area (Å²) in [7, 11) is 0. The summed E-state index contributed by atoms with van der Waals surface area (Å²) in [6.45, 7) is 7.49. The monoisotopic (exact) mass is 329 g/mol. The number of halogens is 1. The van der Waals surface area contributed by atoms with Crippen LogP contribution in [0.25, 0.3) is 0 Å². The van der Waals surface area contributed by atoms with Crippen LogP contribution < -0.4 is 0 Å². The first kappa shape index (κ1) is 18.5. The Morgan fingerprint density at radius 1 is 1.08 bits per heavy atom. The fourth-order valence-electron chi connectivity index (χ4n) is 2.89. The Balaban J connectivity index is 1.77. The van der Waals surface area contributed by atoms with Crippen molar-refractivity contribution >= 4 is 0 Å². The lowest BCUT2D eigenvalue weighted by atomic mass is 9.97. The summed E-state index contributed by atoms with van der Waals surface area (Å²) in [5, 5.41) is 9.79. The highest BCUT2D eigenvalue weighted by molar-refractivity contribution is 5.32. The maximum atomic E-state index is 13.3. The van der Waals surface area contributed by atoms with Gasteiger partial charge in [0.05, 0.1) is 0 Å². The number of aryl methyl sites for hydroxylation is 1. The van der Waals surface area contributed by atoms with Crippen molar-refractivity contribution in [2.24, 2.45) is 5.92 Å². The van der Waals surface area contributed by atoms with E-state index >= 15 is 0 Å². The first-order valence-electron chi connectivity index (χ1n) is 8.82. The van der Waals surface area contributed by atoms with E-state index in [1.54, 1.807) is 0 Å². The average molecular weight is 329 g/mol. The third-order valence-electron chi connectivity index (χ3n) is 4.58. The molecule has 0 fully saturated rings. The second-order valence-electron chi connectivity index (χ2n) is 6.56.